The summed E-state index contributed by atoms with van der Waals surface area (Å²) in [6.45, 7) is 1.99. The summed E-state index contributed by atoms with van der Waals surface area (Å²) in [4.78, 5) is 8.55. The molecule has 4 nitrogen and oxygen atoms in total. The first kappa shape index (κ1) is 9.83. The Hall–Kier alpha value is -1.37. The lowest BCUT2D eigenvalue weighted by atomic mass is 10.4. The summed E-state index contributed by atoms with van der Waals surface area (Å²) in [5.41, 5.74) is 2.04. The number of imidazole rings is 2. The van der Waals surface area contributed by atoms with Crippen LogP contribution < -0.4 is 0 Å². The van der Waals surface area contributed by atoms with Crippen LogP contribution in [0.25, 0.3) is 11.3 Å². The molecule has 5 heteroatoms. The SMILES string of the molecule is Cc1nccn1-c1ccn2c(I)cnc2c1. The summed E-state index contributed by atoms with van der Waals surface area (Å²) >= 11 is 2.27. The van der Waals surface area contributed by atoms with Crippen LogP contribution in [-0.4, -0.2) is 18.9 Å². The zero-order valence-corrected chi connectivity index (χ0v) is 10.8. The monoisotopic (exact) mass is 324 g/mol. The van der Waals surface area contributed by atoms with Crippen LogP contribution >= 0.6 is 22.6 Å². The molecule has 80 valence electrons. The Morgan fingerprint density at radius 2 is 2.12 bits per heavy atom. The first-order chi connectivity index (χ1) is 7.75. The van der Waals surface area contributed by atoms with Crippen LogP contribution in [0.15, 0.2) is 36.9 Å². The highest BCUT2D eigenvalue weighted by Gasteiger charge is 2.04. The Kier molecular flexibility index (Phi) is 2.20. The fourth-order valence-corrected chi connectivity index (χ4v) is 2.29. The van der Waals surface area contributed by atoms with Crippen molar-refractivity contribution in [3.63, 3.8) is 0 Å². The second-order valence-electron chi connectivity index (χ2n) is 3.54. The Morgan fingerprint density at radius 1 is 1.25 bits per heavy atom. The summed E-state index contributed by atoms with van der Waals surface area (Å²) in [6, 6.07) is 4.11. The van der Waals surface area contributed by atoms with Crippen molar-refractivity contribution in [2.75, 3.05) is 0 Å². The largest absolute Gasteiger partial charge is 0.304 e. The van der Waals surface area contributed by atoms with Gasteiger partial charge in [0.25, 0.3) is 0 Å². The van der Waals surface area contributed by atoms with E-state index in [1.54, 1.807) is 6.20 Å². The van der Waals surface area contributed by atoms with Crippen molar-refractivity contribution in [1.82, 2.24) is 18.9 Å². The molecule has 0 aromatic carbocycles. The molecule has 0 fully saturated rings. The topological polar surface area (TPSA) is 35.1 Å². The lowest BCUT2D eigenvalue weighted by molar-refractivity contribution is 0.967. The summed E-state index contributed by atoms with van der Waals surface area (Å²) in [7, 11) is 0. The van der Waals surface area contributed by atoms with Gasteiger partial charge >= 0.3 is 0 Å². The Balaban J connectivity index is 2.23. The number of fused-ring (bicyclic) bond motifs is 1. The molecular formula is C11H9IN4. The number of nitrogens with zero attached hydrogens (tertiary/aromatic N) is 4. The van der Waals surface area contributed by atoms with Crippen molar-refractivity contribution >= 4 is 28.2 Å². The quantitative estimate of drug-likeness (QED) is 0.645. The molecule has 0 N–H and O–H groups in total. The third-order valence-corrected chi connectivity index (χ3v) is 3.35. The van der Waals surface area contributed by atoms with Crippen LogP contribution in [0.1, 0.15) is 5.82 Å². The lowest BCUT2D eigenvalue weighted by Gasteiger charge is -2.05. The lowest BCUT2D eigenvalue weighted by Crippen LogP contribution is -1.97. The molecule has 0 amide bonds. The number of hydrogen-bond acceptors (Lipinski definition) is 2. The van der Waals surface area contributed by atoms with Crippen LogP contribution in [0.2, 0.25) is 0 Å². The number of halogens is 1. The summed E-state index contributed by atoms with van der Waals surface area (Å²) in [5.74, 6) is 0.977. The van der Waals surface area contributed by atoms with Gasteiger partial charge in [0.15, 0.2) is 0 Å². The van der Waals surface area contributed by atoms with Gasteiger partial charge < -0.3 is 4.57 Å². The molecule has 3 aromatic heterocycles. The van der Waals surface area contributed by atoms with Gasteiger partial charge in [-0.3, -0.25) is 4.40 Å². The van der Waals surface area contributed by atoms with E-state index in [4.69, 9.17) is 0 Å². The Morgan fingerprint density at radius 3 is 2.88 bits per heavy atom. The normalized spacial score (nSPS) is 11.1. The Labute approximate surface area is 106 Å². The average Bonchev–Trinajstić information content (AvgIpc) is 2.86. The third-order valence-electron chi connectivity index (χ3n) is 2.56. The van der Waals surface area contributed by atoms with Crippen LogP contribution in [0.4, 0.5) is 0 Å². The highest BCUT2D eigenvalue weighted by molar-refractivity contribution is 14.1. The van der Waals surface area contributed by atoms with Crippen LogP contribution in [0, 0.1) is 10.6 Å². The molecule has 0 saturated carbocycles. The van der Waals surface area contributed by atoms with Crippen molar-refractivity contribution in [3.05, 3.63) is 46.4 Å². The molecule has 0 spiro atoms. The van der Waals surface area contributed by atoms with Crippen molar-refractivity contribution in [2.45, 2.75) is 6.92 Å². The molecule has 0 bridgehead atoms. The number of aromatic nitrogens is 4. The summed E-state index contributed by atoms with van der Waals surface area (Å²) < 4.78 is 5.21. The van der Waals surface area contributed by atoms with Gasteiger partial charge in [-0.2, -0.15) is 0 Å². The van der Waals surface area contributed by atoms with E-state index in [2.05, 4.69) is 49.1 Å². The maximum absolute atomic E-state index is 4.34. The maximum atomic E-state index is 4.34. The highest BCUT2D eigenvalue weighted by atomic mass is 127. The van der Waals surface area contributed by atoms with E-state index in [1.807, 2.05) is 30.1 Å². The summed E-state index contributed by atoms with van der Waals surface area (Å²) in [5, 5.41) is 0. The zero-order valence-electron chi connectivity index (χ0n) is 8.63. The summed E-state index contributed by atoms with van der Waals surface area (Å²) in [6.07, 6.45) is 7.64. The van der Waals surface area contributed by atoms with E-state index in [0.29, 0.717) is 0 Å². The van der Waals surface area contributed by atoms with Crippen molar-refractivity contribution < 1.29 is 0 Å². The molecule has 0 saturated heterocycles. The van der Waals surface area contributed by atoms with E-state index in [1.165, 1.54) is 0 Å². The van der Waals surface area contributed by atoms with Crippen molar-refractivity contribution in [3.8, 4) is 5.69 Å². The van der Waals surface area contributed by atoms with Gasteiger partial charge in [-0.25, -0.2) is 9.97 Å². The predicted octanol–water partition coefficient (Wildman–Crippen LogP) is 2.43. The predicted molar refractivity (Wildman–Crippen MR) is 69.8 cm³/mol. The number of rotatable bonds is 1. The molecule has 0 aliphatic heterocycles. The second-order valence-corrected chi connectivity index (χ2v) is 4.64. The molecule has 3 aromatic rings. The van der Waals surface area contributed by atoms with Gasteiger partial charge in [0.2, 0.25) is 0 Å². The molecule has 3 heterocycles. The van der Waals surface area contributed by atoms with E-state index >= 15 is 0 Å². The van der Waals surface area contributed by atoms with Crippen molar-refractivity contribution in [2.24, 2.45) is 0 Å². The third kappa shape index (κ3) is 1.42. The van der Waals surface area contributed by atoms with Gasteiger partial charge in [0.1, 0.15) is 15.2 Å². The minimum atomic E-state index is 0.954. The van der Waals surface area contributed by atoms with Gasteiger partial charge in [0.05, 0.1) is 11.9 Å². The average molecular weight is 324 g/mol. The molecule has 0 unspecified atom stereocenters. The second kappa shape index (κ2) is 3.58. The van der Waals surface area contributed by atoms with Gasteiger partial charge in [-0.15, -0.1) is 0 Å². The molecule has 0 aliphatic rings. The molecular weight excluding hydrogens is 315 g/mol. The van der Waals surface area contributed by atoms with Crippen LogP contribution in [0.5, 0.6) is 0 Å². The molecule has 16 heavy (non-hydrogen) atoms. The molecule has 0 radical (unpaired) electrons. The van der Waals surface area contributed by atoms with Gasteiger partial charge in [-0.1, -0.05) is 0 Å². The Bertz CT molecular complexity index is 653. The number of hydrogen-bond donors (Lipinski definition) is 0. The minimum absolute atomic E-state index is 0.954. The standard InChI is InChI=1S/C11H9IN4/c1-8-13-3-5-15(8)9-2-4-16-10(12)7-14-11(16)6-9/h2-7H,1H3. The van der Waals surface area contributed by atoms with Crippen LogP contribution in [0.3, 0.4) is 0 Å². The van der Waals surface area contributed by atoms with Crippen LogP contribution in [-0.2, 0) is 0 Å². The first-order valence-electron chi connectivity index (χ1n) is 4.88. The van der Waals surface area contributed by atoms with E-state index in [9.17, 15) is 0 Å². The highest BCUT2D eigenvalue weighted by Crippen LogP contribution is 2.15. The number of pyridine rings is 1. The molecule has 3 rings (SSSR count). The van der Waals surface area contributed by atoms with Gasteiger partial charge in [-0.05, 0) is 35.6 Å². The van der Waals surface area contributed by atoms with Crippen molar-refractivity contribution in [1.29, 1.82) is 0 Å². The van der Waals surface area contributed by atoms with E-state index in [-0.39, 0.29) is 0 Å². The fraction of sp³-hybridized carbons (Fsp3) is 0.0909. The minimum Gasteiger partial charge on any atom is -0.304 e. The van der Waals surface area contributed by atoms with E-state index < -0.39 is 0 Å². The zero-order chi connectivity index (χ0) is 11.1. The molecule has 0 aliphatic carbocycles. The maximum Gasteiger partial charge on any atom is 0.139 e. The van der Waals surface area contributed by atoms with E-state index in [0.717, 1.165) is 20.9 Å². The molecule has 0 atom stereocenters. The smallest absolute Gasteiger partial charge is 0.139 e. The number of aryl methyl sites for hydroxylation is 1. The first-order valence-corrected chi connectivity index (χ1v) is 5.96. The fourth-order valence-electron chi connectivity index (χ4n) is 1.74. The van der Waals surface area contributed by atoms with Gasteiger partial charge in [0, 0.05) is 24.7 Å².